The minimum atomic E-state index is -0.736. The van der Waals surface area contributed by atoms with Gasteiger partial charge in [0, 0.05) is 12.3 Å². The molecule has 0 amide bonds. The third-order valence-corrected chi connectivity index (χ3v) is 8.86. The molecule has 0 aromatic rings. The third-order valence-electron chi connectivity index (χ3n) is 8.31. The first-order valence-electron chi connectivity index (χ1n) is 9.95. The number of ketones is 1. The summed E-state index contributed by atoms with van der Waals surface area (Å²) in [6.07, 6.45) is 7.04. The van der Waals surface area contributed by atoms with Gasteiger partial charge in [0.2, 0.25) is 0 Å². The summed E-state index contributed by atoms with van der Waals surface area (Å²) < 4.78 is 15.0. The zero-order chi connectivity index (χ0) is 18.0. The van der Waals surface area contributed by atoms with Gasteiger partial charge in [-0.25, -0.2) is 4.39 Å². The Bertz CT molecular complexity index is 613. The Morgan fingerprint density at radius 3 is 2.68 bits per heavy atom. The summed E-state index contributed by atoms with van der Waals surface area (Å²) in [5, 5.41) is 10.8. The second-order valence-electron chi connectivity index (χ2n) is 9.66. The van der Waals surface area contributed by atoms with Crippen LogP contribution in [0.3, 0.4) is 0 Å². The van der Waals surface area contributed by atoms with Crippen molar-refractivity contribution in [2.24, 2.45) is 35.0 Å². The standard InChI is InChI=1S/C21H30BrFO2/c1-20(25)7-5-13-12-6-8-21(2)16(3-4-17(21)19(24)11-22)14(12)9-18(23)15(13)10-20/h12-14,16-17,25H,3-11H2,1-2H3/t12-,13-,14-,16+,17-,20-,21+/m1/s1. The molecule has 3 saturated carbocycles. The summed E-state index contributed by atoms with van der Waals surface area (Å²) in [4.78, 5) is 12.4. The van der Waals surface area contributed by atoms with Crippen LogP contribution in [-0.4, -0.2) is 21.8 Å². The first kappa shape index (κ1) is 18.2. The number of halogens is 2. The highest BCUT2D eigenvalue weighted by Gasteiger charge is 2.58. The molecule has 140 valence electrons. The van der Waals surface area contributed by atoms with E-state index in [1.165, 1.54) is 0 Å². The molecule has 1 N–H and O–H groups in total. The molecular formula is C21H30BrFO2. The second-order valence-corrected chi connectivity index (χ2v) is 10.2. The fourth-order valence-corrected chi connectivity index (χ4v) is 7.50. The Morgan fingerprint density at radius 2 is 1.96 bits per heavy atom. The van der Waals surface area contributed by atoms with Gasteiger partial charge in [0.15, 0.2) is 0 Å². The van der Waals surface area contributed by atoms with Crippen LogP contribution in [-0.2, 0) is 4.79 Å². The van der Waals surface area contributed by atoms with Crippen LogP contribution in [0.1, 0.15) is 65.2 Å². The molecule has 0 unspecified atom stereocenters. The van der Waals surface area contributed by atoms with E-state index in [1.54, 1.807) is 0 Å². The number of aliphatic hydroxyl groups is 1. The van der Waals surface area contributed by atoms with Gasteiger partial charge in [0.25, 0.3) is 0 Å². The molecule has 0 aliphatic heterocycles. The fourth-order valence-electron chi connectivity index (χ4n) is 7.11. The quantitative estimate of drug-likeness (QED) is 0.633. The van der Waals surface area contributed by atoms with Crippen LogP contribution in [0.4, 0.5) is 4.39 Å². The Balaban J connectivity index is 1.63. The van der Waals surface area contributed by atoms with Crippen molar-refractivity contribution in [2.75, 3.05) is 5.33 Å². The van der Waals surface area contributed by atoms with E-state index in [1.807, 2.05) is 6.92 Å². The van der Waals surface area contributed by atoms with Crippen LogP contribution in [0.15, 0.2) is 11.4 Å². The lowest BCUT2D eigenvalue weighted by Gasteiger charge is -2.54. The molecular weight excluding hydrogens is 383 g/mol. The molecule has 0 bridgehead atoms. The molecule has 2 nitrogen and oxygen atoms in total. The van der Waals surface area contributed by atoms with Gasteiger partial charge < -0.3 is 5.11 Å². The lowest BCUT2D eigenvalue weighted by Crippen LogP contribution is -2.48. The second kappa shape index (κ2) is 6.15. The minimum absolute atomic E-state index is 0.0595. The van der Waals surface area contributed by atoms with Gasteiger partial charge in [-0.1, -0.05) is 22.9 Å². The first-order chi connectivity index (χ1) is 11.8. The summed E-state index contributed by atoms with van der Waals surface area (Å²) >= 11 is 3.36. The maximum absolute atomic E-state index is 15.0. The number of hydrogen-bond acceptors (Lipinski definition) is 2. The van der Waals surface area contributed by atoms with Gasteiger partial charge in [0.05, 0.1) is 16.8 Å². The van der Waals surface area contributed by atoms with Gasteiger partial charge in [0.1, 0.15) is 5.78 Å². The van der Waals surface area contributed by atoms with E-state index >= 15 is 4.39 Å². The number of rotatable bonds is 2. The molecule has 0 saturated heterocycles. The SMILES string of the molecule is C[C@@]1(O)CC[C@H]2C(=C(F)C[C@@H]3[C@@H]2CC[C@]2(C)[C@@H](C(=O)CBr)CC[C@@H]32)C1. The van der Waals surface area contributed by atoms with Gasteiger partial charge in [-0.2, -0.15) is 0 Å². The van der Waals surface area contributed by atoms with E-state index in [9.17, 15) is 9.90 Å². The Labute approximate surface area is 158 Å². The molecule has 4 heteroatoms. The van der Waals surface area contributed by atoms with E-state index in [0.29, 0.717) is 47.6 Å². The summed E-state index contributed by atoms with van der Waals surface area (Å²) in [6, 6.07) is 0. The Hall–Kier alpha value is -0.220. The zero-order valence-electron chi connectivity index (χ0n) is 15.4. The van der Waals surface area contributed by atoms with Crippen molar-refractivity contribution in [1.82, 2.24) is 0 Å². The Morgan fingerprint density at radius 1 is 1.20 bits per heavy atom. The lowest BCUT2D eigenvalue weighted by atomic mass is 9.51. The van der Waals surface area contributed by atoms with Crippen molar-refractivity contribution < 1.29 is 14.3 Å². The highest BCUT2D eigenvalue weighted by atomic mass is 79.9. The lowest BCUT2D eigenvalue weighted by molar-refractivity contribution is -0.126. The van der Waals surface area contributed by atoms with E-state index in [0.717, 1.165) is 44.1 Å². The van der Waals surface area contributed by atoms with Crippen LogP contribution in [0, 0.1) is 35.0 Å². The predicted octanol–water partition coefficient (Wildman–Crippen LogP) is 5.19. The maximum Gasteiger partial charge on any atom is 0.147 e. The molecule has 0 heterocycles. The van der Waals surface area contributed by atoms with Crippen LogP contribution in [0.25, 0.3) is 0 Å². The normalized spacial score (nSPS) is 49.4. The highest BCUT2D eigenvalue weighted by Crippen LogP contribution is 2.64. The van der Waals surface area contributed by atoms with Crippen LogP contribution >= 0.6 is 15.9 Å². The zero-order valence-corrected chi connectivity index (χ0v) is 16.9. The number of carbonyl (C=O) groups excluding carboxylic acids is 1. The van der Waals surface area contributed by atoms with E-state index in [4.69, 9.17) is 0 Å². The molecule has 25 heavy (non-hydrogen) atoms. The van der Waals surface area contributed by atoms with Crippen molar-refractivity contribution in [1.29, 1.82) is 0 Å². The molecule has 0 aromatic heterocycles. The van der Waals surface area contributed by atoms with Crippen molar-refractivity contribution in [3.63, 3.8) is 0 Å². The first-order valence-corrected chi connectivity index (χ1v) is 11.1. The van der Waals surface area contributed by atoms with Crippen molar-refractivity contribution in [2.45, 2.75) is 70.8 Å². The largest absolute Gasteiger partial charge is 0.390 e. The van der Waals surface area contributed by atoms with Gasteiger partial charge in [-0.05, 0) is 86.5 Å². The Kier molecular flexibility index (Phi) is 4.47. The van der Waals surface area contributed by atoms with Crippen LogP contribution in [0.5, 0.6) is 0 Å². The molecule has 0 spiro atoms. The summed E-state index contributed by atoms with van der Waals surface area (Å²) in [7, 11) is 0. The molecule has 4 rings (SSSR count). The molecule has 3 fully saturated rings. The predicted molar refractivity (Wildman–Crippen MR) is 100 cm³/mol. The van der Waals surface area contributed by atoms with Crippen molar-refractivity contribution in [3.8, 4) is 0 Å². The van der Waals surface area contributed by atoms with Gasteiger partial charge >= 0.3 is 0 Å². The maximum atomic E-state index is 15.0. The fraction of sp³-hybridized carbons (Fsp3) is 0.857. The van der Waals surface area contributed by atoms with E-state index in [2.05, 4.69) is 22.9 Å². The molecule has 7 atom stereocenters. The average molecular weight is 413 g/mol. The minimum Gasteiger partial charge on any atom is -0.390 e. The number of allylic oxidation sites excluding steroid dienone is 1. The summed E-state index contributed by atoms with van der Waals surface area (Å²) in [5.41, 5.74) is 0.247. The molecule has 4 aliphatic rings. The molecule has 0 aromatic carbocycles. The summed E-state index contributed by atoms with van der Waals surface area (Å²) in [5.74, 6) is 2.31. The van der Waals surface area contributed by atoms with Crippen LogP contribution in [0.2, 0.25) is 0 Å². The number of alkyl halides is 1. The average Bonchev–Trinajstić information content (AvgIpc) is 2.91. The van der Waals surface area contributed by atoms with Crippen molar-refractivity contribution in [3.05, 3.63) is 11.4 Å². The third kappa shape index (κ3) is 2.77. The highest BCUT2D eigenvalue weighted by molar-refractivity contribution is 9.09. The van der Waals surface area contributed by atoms with E-state index in [-0.39, 0.29) is 17.2 Å². The smallest absolute Gasteiger partial charge is 0.147 e. The number of Topliss-reactive ketones (excluding diaryl/α,β-unsaturated/α-hetero) is 1. The summed E-state index contributed by atoms with van der Waals surface area (Å²) in [6.45, 7) is 4.15. The number of carbonyl (C=O) groups is 1. The van der Waals surface area contributed by atoms with E-state index < -0.39 is 5.60 Å². The number of hydrogen-bond donors (Lipinski definition) is 1. The molecule has 4 aliphatic carbocycles. The monoisotopic (exact) mass is 412 g/mol. The number of fused-ring (bicyclic) bond motifs is 5. The van der Waals surface area contributed by atoms with Gasteiger partial charge in [-0.15, -0.1) is 0 Å². The van der Waals surface area contributed by atoms with Crippen LogP contribution < -0.4 is 0 Å². The molecule has 0 radical (unpaired) electrons. The van der Waals surface area contributed by atoms with Crippen molar-refractivity contribution >= 4 is 21.7 Å². The topological polar surface area (TPSA) is 37.3 Å². The van der Waals surface area contributed by atoms with Gasteiger partial charge in [-0.3, -0.25) is 4.79 Å².